The molecule has 3 N–H and O–H groups in total. The smallest absolute Gasteiger partial charge is 0.407 e. The van der Waals surface area contributed by atoms with Gasteiger partial charge in [0.25, 0.3) is 5.91 Å². The molecule has 0 spiro atoms. The number of carboxylic acids is 1. The zero-order valence-electron chi connectivity index (χ0n) is 18.7. The van der Waals surface area contributed by atoms with Gasteiger partial charge in [0.2, 0.25) is 0 Å². The maximum absolute atomic E-state index is 12.3. The number of ether oxygens (including phenoxy) is 1. The number of benzene rings is 2. The summed E-state index contributed by atoms with van der Waals surface area (Å²) >= 11 is 0. The summed E-state index contributed by atoms with van der Waals surface area (Å²) in [5.41, 5.74) is 4.57. The van der Waals surface area contributed by atoms with E-state index in [9.17, 15) is 14.4 Å². The molecule has 176 valence electrons. The molecule has 4 rings (SSSR count). The molecular formula is C26H26N2O6. The summed E-state index contributed by atoms with van der Waals surface area (Å²) in [6.07, 6.45) is -0.273. The van der Waals surface area contributed by atoms with Crippen molar-refractivity contribution in [2.45, 2.75) is 38.3 Å². The van der Waals surface area contributed by atoms with Crippen LogP contribution < -0.4 is 10.6 Å². The van der Waals surface area contributed by atoms with E-state index >= 15 is 0 Å². The maximum atomic E-state index is 12.3. The lowest BCUT2D eigenvalue weighted by Crippen LogP contribution is -2.35. The molecule has 3 aromatic rings. The fourth-order valence-electron chi connectivity index (χ4n) is 4.17. The Morgan fingerprint density at radius 2 is 1.65 bits per heavy atom. The predicted molar refractivity (Wildman–Crippen MR) is 124 cm³/mol. The third kappa shape index (κ3) is 5.11. The van der Waals surface area contributed by atoms with Crippen molar-refractivity contribution >= 4 is 18.0 Å². The van der Waals surface area contributed by atoms with Crippen LogP contribution in [0.2, 0.25) is 0 Å². The second kappa shape index (κ2) is 10.2. The molecule has 1 aliphatic rings. The van der Waals surface area contributed by atoms with Gasteiger partial charge in [-0.2, -0.15) is 0 Å². The summed E-state index contributed by atoms with van der Waals surface area (Å²) in [4.78, 5) is 35.5. The first-order valence-corrected chi connectivity index (χ1v) is 11.2. The highest BCUT2D eigenvalue weighted by Gasteiger charge is 2.29. The quantitative estimate of drug-likeness (QED) is 0.436. The number of carbonyl (C=O) groups excluding carboxylic acids is 2. The van der Waals surface area contributed by atoms with Crippen LogP contribution in [-0.2, 0) is 16.1 Å². The number of alkyl carbamates (subject to hydrolysis) is 1. The lowest BCUT2D eigenvalue weighted by atomic mass is 9.98. The molecule has 1 aliphatic carbocycles. The van der Waals surface area contributed by atoms with Crippen molar-refractivity contribution in [2.75, 3.05) is 6.61 Å². The summed E-state index contributed by atoms with van der Waals surface area (Å²) in [5, 5.41) is 14.2. The van der Waals surface area contributed by atoms with Crippen LogP contribution in [0.3, 0.4) is 0 Å². The van der Waals surface area contributed by atoms with Gasteiger partial charge < -0.3 is 24.9 Å². The van der Waals surface area contributed by atoms with Gasteiger partial charge >= 0.3 is 12.1 Å². The molecule has 2 aromatic carbocycles. The Hall–Kier alpha value is -4.07. The van der Waals surface area contributed by atoms with E-state index < -0.39 is 24.0 Å². The molecule has 0 aliphatic heterocycles. The predicted octanol–water partition coefficient (Wildman–Crippen LogP) is 4.30. The Morgan fingerprint density at radius 1 is 1.00 bits per heavy atom. The zero-order chi connectivity index (χ0) is 24.1. The second-order valence-electron chi connectivity index (χ2n) is 8.12. The number of carbonyl (C=O) groups is 3. The van der Waals surface area contributed by atoms with Crippen LogP contribution in [0.5, 0.6) is 0 Å². The summed E-state index contributed by atoms with van der Waals surface area (Å²) < 4.78 is 11.0. The van der Waals surface area contributed by atoms with Gasteiger partial charge in [0, 0.05) is 12.0 Å². The Kier molecular flexibility index (Phi) is 6.96. The molecule has 0 unspecified atom stereocenters. The van der Waals surface area contributed by atoms with Gasteiger partial charge in [-0.05, 0) is 40.8 Å². The molecule has 34 heavy (non-hydrogen) atoms. The van der Waals surface area contributed by atoms with Gasteiger partial charge in [-0.25, -0.2) is 4.79 Å². The molecule has 1 atom stereocenters. The van der Waals surface area contributed by atoms with E-state index in [1.54, 1.807) is 13.0 Å². The zero-order valence-corrected chi connectivity index (χ0v) is 18.7. The number of furan rings is 1. The van der Waals surface area contributed by atoms with Crippen LogP contribution in [0.1, 0.15) is 53.1 Å². The largest absolute Gasteiger partial charge is 0.481 e. The van der Waals surface area contributed by atoms with Crippen molar-refractivity contribution < 1.29 is 28.6 Å². The number of rotatable bonds is 9. The third-order valence-electron chi connectivity index (χ3n) is 5.89. The van der Waals surface area contributed by atoms with Gasteiger partial charge in [0.1, 0.15) is 12.4 Å². The van der Waals surface area contributed by atoms with Crippen LogP contribution in [0.4, 0.5) is 4.79 Å². The average Bonchev–Trinajstić information content (AvgIpc) is 3.44. The van der Waals surface area contributed by atoms with Crippen LogP contribution >= 0.6 is 0 Å². The summed E-state index contributed by atoms with van der Waals surface area (Å²) in [5.74, 6) is -1.09. The molecule has 8 heteroatoms. The molecule has 8 nitrogen and oxygen atoms in total. The topological polar surface area (TPSA) is 118 Å². The first kappa shape index (κ1) is 23.1. The molecule has 2 amide bonds. The fraction of sp³-hybridized carbons (Fsp3) is 0.269. The highest BCUT2D eigenvalue weighted by Crippen LogP contribution is 2.44. The van der Waals surface area contributed by atoms with Crippen molar-refractivity contribution in [3.63, 3.8) is 0 Å². The summed E-state index contributed by atoms with van der Waals surface area (Å²) in [7, 11) is 0. The fourth-order valence-corrected chi connectivity index (χ4v) is 4.17. The number of amides is 2. The van der Waals surface area contributed by atoms with Gasteiger partial charge in [-0.1, -0.05) is 55.5 Å². The minimum atomic E-state index is -0.987. The second-order valence-corrected chi connectivity index (χ2v) is 8.12. The molecule has 1 aromatic heterocycles. The van der Waals surface area contributed by atoms with Crippen molar-refractivity contribution in [3.05, 3.63) is 83.3 Å². The van der Waals surface area contributed by atoms with E-state index in [0.29, 0.717) is 12.2 Å². The lowest BCUT2D eigenvalue weighted by molar-refractivity contribution is -0.137. The Balaban J connectivity index is 1.30. The molecular weight excluding hydrogens is 436 g/mol. The van der Waals surface area contributed by atoms with Crippen LogP contribution in [0.15, 0.2) is 65.1 Å². The normalized spacial score (nSPS) is 13.0. The van der Waals surface area contributed by atoms with E-state index in [1.807, 2.05) is 24.3 Å². The molecule has 0 bridgehead atoms. The summed E-state index contributed by atoms with van der Waals surface area (Å²) in [6.45, 7) is 2.05. The molecule has 0 saturated carbocycles. The Morgan fingerprint density at radius 3 is 2.26 bits per heavy atom. The number of aliphatic carboxylic acids is 1. The monoisotopic (exact) mass is 462 g/mol. The minimum Gasteiger partial charge on any atom is -0.481 e. The minimum absolute atomic E-state index is 0.0330. The number of hydrogen-bond acceptors (Lipinski definition) is 5. The molecule has 0 saturated heterocycles. The average molecular weight is 463 g/mol. The standard InChI is InChI=1S/C26H26N2O6/c1-2-16(13-24(29)30)28-25(31)23-12-11-17(34-23)14-27-26(32)33-15-22-20-9-5-3-7-18(20)19-8-4-6-10-21(19)22/h3-12,16,22H,2,13-15H2,1H3,(H,27,32)(H,28,31)(H,29,30)/t16-/m0/s1. The first-order chi connectivity index (χ1) is 16.5. The maximum Gasteiger partial charge on any atom is 0.407 e. The van der Waals surface area contributed by atoms with Crippen molar-refractivity contribution in [1.82, 2.24) is 10.6 Å². The number of nitrogens with one attached hydrogen (secondary N) is 2. The summed E-state index contributed by atoms with van der Waals surface area (Å²) in [6, 6.07) is 18.8. The van der Waals surface area contributed by atoms with E-state index in [1.165, 1.54) is 6.07 Å². The highest BCUT2D eigenvalue weighted by molar-refractivity contribution is 5.92. The Labute approximate surface area is 196 Å². The van der Waals surface area contributed by atoms with E-state index in [0.717, 1.165) is 22.3 Å². The molecule has 1 heterocycles. The van der Waals surface area contributed by atoms with Crippen molar-refractivity contribution in [2.24, 2.45) is 0 Å². The number of fused-ring (bicyclic) bond motifs is 3. The SMILES string of the molecule is CC[C@@H](CC(=O)O)NC(=O)c1ccc(CNC(=O)OCC2c3ccccc3-c3ccccc32)o1. The van der Waals surface area contributed by atoms with Gasteiger partial charge in [0.15, 0.2) is 5.76 Å². The first-order valence-electron chi connectivity index (χ1n) is 11.2. The lowest BCUT2D eigenvalue weighted by Gasteiger charge is -2.14. The van der Waals surface area contributed by atoms with Gasteiger partial charge in [0.05, 0.1) is 13.0 Å². The number of carboxylic acid groups (broad SMARTS) is 1. The van der Waals surface area contributed by atoms with Gasteiger partial charge in [-0.15, -0.1) is 0 Å². The number of hydrogen-bond donors (Lipinski definition) is 3. The van der Waals surface area contributed by atoms with E-state index in [2.05, 4.69) is 34.9 Å². The molecule has 0 radical (unpaired) electrons. The van der Waals surface area contributed by atoms with E-state index in [-0.39, 0.29) is 31.3 Å². The van der Waals surface area contributed by atoms with Gasteiger partial charge in [-0.3, -0.25) is 9.59 Å². The van der Waals surface area contributed by atoms with E-state index in [4.69, 9.17) is 14.3 Å². The van der Waals surface area contributed by atoms with Crippen molar-refractivity contribution in [1.29, 1.82) is 0 Å². The van der Waals surface area contributed by atoms with Crippen LogP contribution in [0.25, 0.3) is 11.1 Å². The Bertz CT molecular complexity index is 1160. The van der Waals surface area contributed by atoms with Crippen molar-refractivity contribution in [3.8, 4) is 11.1 Å². The highest BCUT2D eigenvalue weighted by atomic mass is 16.5. The molecule has 0 fully saturated rings. The van der Waals surface area contributed by atoms with Crippen LogP contribution in [-0.4, -0.2) is 35.7 Å². The van der Waals surface area contributed by atoms with Crippen LogP contribution in [0, 0.1) is 0 Å². The third-order valence-corrected chi connectivity index (χ3v) is 5.89.